The summed E-state index contributed by atoms with van der Waals surface area (Å²) < 4.78 is 28.7. The van der Waals surface area contributed by atoms with Crippen LogP contribution < -0.4 is 4.74 Å². The molecule has 1 aromatic carbocycles. The molecule has 4 rings (SSSR count). The van der Waals surface area contributed by atoms with Gasteiger partial charge in [0.05, 0.1) is 26.4 Å². The van der Waals surface area contributed by atoms with E-state index in [1.165, 1.54) is 5.56 Å². The second kappa shape index (κ2) is 8.96. The van der Waals surface area contributed by atoms with E-state index in [-0.39, 0.29) is 23.3 Å². The highest BCUT2D eigenvalue weighted by molar-refractivity contribution is 5.27. The Bertz CT molecular complexity index is 712. The van der Waals surface area contributed by atoms with Gasteiger partial charge in [0.25, 0.3) is 0 Å². The number of epoxide rings is 1. The molecule has 2 unspecified atom stereocenters. The average Bonchev–Trinajstić information content (AvgIpc) is 3.45. The predicted octanol–water partition coefficient (Wildman–Crippen LogP) is 3.35. The molecule has 0 radical (unpaired) electrons. The maximum absolute atomic E-state index is 6.36. The van der Waals surface area contributed by atoms with E-state index in [2.05, 4.69) is 44.9 Å². The van der Waals surface area contributed by atoms with E-state index >= 15 is 0 Å². The smallest absolute Gasteiger partial charge is 0.172 e. The van der Waals surface area contributed by atoms with Crippen molar-refractivity contribution in [1.82, 2.24) is 5.06 Å². The van der Waals surface area contributed by atoms with Crippen LogP contribution in [0.4, 0.5) is 0 Å². The van der Waals surface area contributed by atoms with Crippen LogP contribution >= 0.6 is 0 Å². The van der Waals surface area contributed by atoms with Crippen molar-refractivity contribution in [3.63, 3.8) is 0 Å². The summed E-state index contributed by atoms with van der Waals surface area (Å²) in [5, 5.41) is 2.15. The van der Waals surface area contributed by atoms with E-state index < -0.39 is 5.79 Å². The van der Waals surface area contributed by atoms with Gasteiger partial charge in [-0.05, 0) is 51.8 Å². The van der Waals surface area contributed by atoms with E-state index in [1.807, 2.05) is 12.1 Å². The normalized spacial score (nSPS) is 28.7. The Hall–Kier alpha value is -1.22. The first-order chi connectivity index (χ1) is 14.7. The van der Waals surface area contributed by atoms with Gasteiger partial charge in [0.15, 0.2) is 5.79 Å². The minimum absolute atomic E-state index is 0.00665. The summed E-state index contributed by atoms with van der Waals surface area (Å²) in [5.74, 6) is 0.310. The van der Waals surface area contributed by atoms with Gasteiger partial charge in [-0.3, -0.25) is 4.84 Å². The van der Waals surface area contributed by atoms with Crippen molar-refractivity contribution in [1.29, 1.82) is 0 Å². The summed E-state index contributed by atoms with van der Waals surface area (Å²) in [5.41, 5.74) is 0.766. The van der Waals surface area contributed by atoms with E-state index in [0.717, 1.165) is 31.6 Å². The lowest BCUT2D eigenvalue weighted by molar-refractivity contribution is -0.337. The summed E-state index contributed by atoms with van der Waals surface area (Å²) in [6.07, 6.45) is 2.60. The number of methoxy groups -OCH3 is 1. The van der Waals surface area contributed by atoms with E-state index in [1.54, 1.807) is 7.11 Å². The maximum Gasteiger partial charge on any atom is 0.172 e. The summed E-state index contributed by atoms with van der Waals surface area (Å²) in [6.45, 7) is 12.0. The van der Waals surface area contributed by atoms with Gasteiger partial charge in [0.1, 0.15) is 24.6 Å². The molecule has 3 aliphatic rings. The Morgan fingerprint density at radius 1 is 0.968 bits per heavy atom. The number of hydroxylamine groups is 2. The maximum atomic E-state index is 6.36. The minimum atomic E-state index is -0.572. The second-order valence-corrected chi connectivity index (χ2v) is 10.2. The Labute approximate surface area is 185 Å². The molecule has 0 N–H and O–H groups in total. The molecule has 3 saturated heterocycles. The number of piperidine rings is 1. The zero-order chi connectivity index (χ0) is 22.1. The van der Waals surface area contributed by atoms with Crippen LogP contribution in [0.2, 0.25) is 0 Å². The van der Waals surface area contributed by atoms with Gasteiger partial charge in [-0.15, -0.1) is 0 Å². The molecule has 0 saturated carbocycles. The molecular formula is C24H37NO6. The molecule has 7 nitrogen and oxygen atoms in total. The van der Waals surface area contributed by atoms with E-state index in [4.69, 9.17) is 28.5 Å². The predicted molar refractivity (Wildman–Crippen MR) is 116 cm³/mol. The second-order valence-electron chi connectivity index (χ2n) is 10.2. The number of ether oxygens (including phenoxy) is 5. The fourth-order valence-electron chi connectivity index (χ4n) is 5.12. The van der Waals surface area contributed by atoms with Gasteiger partial charge >= 0.3 is 0 Å². The summed E-state index contributed by atoms with van der Waals surface area (Å²) in [4.78, 5) is 6.36. The van der Waals surface area contributed by atoms with Gasteiger partial charge in [-0.2, -0.15) is 5.06 Å². The molecule has 3 fully saturated rings. The fourth-order valence-corrected chi connectivity index (χ4v) is 5.12. The first-order valence-electron chi connectivity index (χ1n) is 11.3. The van der Waals surface area contributed by atoms with Crippen LogP contribution in [0.5, 0.6) is 5.75 Å². The molecule has 31 heavy (non-hydrogen) atoms. The van der Waals surface area contributed by atoms with Gasteiger partial charge in [0, 0.05) is 31.0 Å². The molecule has 0 amide bonds. The molecule has 3 heterocycles. The Balaban J connectivity index is 1.31. The van der Waals surface area contributed by atoms with Crippen LogP contribution in [0.3, 0.4) is 0 Å². The highest BCUT2D eigenvalue weighted by Crippen LogP contribution is 2.48. The summed E-state index contributed by atoms with van der Waals surface area (Å²) >= 11 is 0. The van der Waals surface area contributed by atoms with Crippen molar-refractivity contribution in [2.45, 2.75) is 76.0 Å². The molecule has 0 aromatic heterocycles. The van der Waals surface area contributed by atoms with Crippen LogP contribution in [0.15, 0.2) is 24.3 Å². The molecule has 7 heteroatoms. The van der Waals surface area contributed by atoms with Gasteiger partial charge < -0.3 is 23.7 Å². The lowest BCUT2D eigenvalue weighted by Crippen LogP contribution is -2.65. The van der Waals surface area contributed by atoms with Gasteiger partial charge in [-0.1, -0.05) is 12.1 Å². The molecule has 174 valence electrons. The molecule has 1 aromatic rings. The van der Waals surface area contributed by atoms with Crippen LogP contribution in [0, 0.1) is 0 Å². The monoisotopic (exact) mass is 435 g/mol. The average molecular weight is 436 g/mol. The summed E-state index contributed by atoms with van der Waals surface area (Å²) in [6, 6.07) is 8.23. The quantitative estimate of drug-likeness (QED) is 0.551. The molecule has 2 atom stereocenters. The zero-order valence-electron chi connectivity index (χ0n) is 19.5. The van der Waals surface area contributed by atoms with Crippen molar-refractivity contribution >= 4 is 0 Å². The van der Waals surface area contributed by atoms with Crippen LogP contribution in [-0.4, -0.2) is 74.3 Å². The third-order valence-corrected chi connectivity index (χ3v) is 6.14. The number of rotatable bonds is 9. The molecule has 0 aliphatic carbocycles. The third-order valence-electron chi connectivity index (χ3n) is 6.14. The van der Waals surface area contributed by atoms with Crippen molar-refractivity contribution in [3.8, 4) is 5.75 Å². The molecule has 0 bridgehead atoms. The van der Waals surface area contributed by atoms with Gasteiger partial charge in [0.2, 0.25) is 0 Å². The van der Waals surface area contributed by atoms with Crippen molar-refractivity contribution < 1.29 is 28.5 Å². The Morgan fingerprint density at radius 2 is 1.65 bits per heavy atom. The largest absolute Gasteiger partial charge is 0.491 e. The Morgan fingerprint density at radius 3 is 2.26 bits per heavy atom. The SMILES string of the molecule is COCC1COC2(CC(C)(C)N(OCCc3ccc(OCC4CO4)cc3)C(C)(C)C2)O1. The van der Waals surface area contributed by atoms with Crippen molar-refractivity contribution in [2.75, 3.05) is 40.1 Å². The molecule has 1 spiro atoms. The van der Waals surface area contributed by atoms with Crippen LogP contribution in [-0.2, 0) is 30.2 Å². The van der Waals surface area contributed by atoms with Gasteiger partial charge in [-0.25, -0.2) is 0 Å². The number of benzene rings is 1. The highest BCUT2D eigenvalue weighted by Gasteiger charge is 2.57. The van der Waals surface area contributed by atoms with Crippen LogP contribution in [0.25, 0.3) is 0 Å². The standard InChI is InChI=1S/C24H37NO6/c1-22(2)16-24(29-15-21(31-24)12-26-5)17-23(3,4)25(22)30-11-10-18-6-8-19(9-7-18)27-13-20-14-28-20/h6-9,20-21H,10-17H2,1-5H3. The first kappa shape index (κ1) is 23.0. The first-order valence-corrected chi connectivity index (χ1v) is 11.3. The van der Waals surface area contributed by atoms with Crippen molar-refractivity contribution in [3.05, 3.63) is 29.8 Å². The van der Waals surface area contributed by atoms with E-state index in [0.29, 0.717) is 26.4 Å². The topological polar surface area (TPSA) is 61.9 Å². The van der Waals surface area contributed by atoms with Crippen LogP contribution in [0.1, 0.15) is 46.1 Å². The summed E-state index contributed by atoms with van der Waals surface area (Å²) in [7, 11) is 1.70. The zero-order valence-corrected chi connectivity index (χ0v) is 19.5. The number of hydrogen-bond acceptors (Lipinski definition) is 7. The highest BCUT2D eigenvalue weighted by atomic mass is 16.8. The van der Waals surface area contributed by atoms with Crippen molar-refractivity contribution in [2.24, 2.45) is 0 Å². The minimum Gasteiger partial charge on any atom is -0.491 e. The van der Waals surface area contributed by atoms with E-state index in [9.17, 15) is 0 Å². The number of nitrogens with zero attached hydrogens (tertiary/aromatic N) is 1. The molecular weight excluding hydrogens is 398 g/mol. The lowest BCUT2D eigenvalue weighted by atomic mass is 9.78. The molecule has 3 aliphatic heterocycles. The Kier molecular flexibility index (Phi) is 6.64. The number of hydrogen-bond donors (Lipinski definition) is 0. The third kappa shape index (κ3) is 5.59. The lowest BCUT2D eigenvalue weighted by Gasteiger charge is -2.56. The fraction of sp³-hybridized carbons (Fsp3) is 0.750.